The fraction of sp³-hybridized carbons (Fsp3) is 0.688. The van der Waals surface area contributed by atoms with E-state index in [2.05, 4.69) is 10.4 Å². The first-order valence-electron chi connectivity index (χ1n) is 8.00. The van der Waals surface area contributed by atoms with Gasteiger partial charge in [-0.1, -0.05) is 25.7 Å². The van der Waals surface area contributed by atoms with Gasteiger partial charge in [-0.05, 0) is 32.8 Å². The summed E-state index contributed by atoms with van der Waals surface area (Å²) in [6.45, 7) is 3.93. The Bertz CT molecular complexity index is 539. The zero-order valence-corrected chi connectivity index (χ0v) is 13.3. The van der Waals surface area contributed by atoms with E-state index in [0.29, 0.717) is 6.42 Å². The van der Waals surface area contributed by atoms with Crippen LogP contribution >= 0.6 is 0 Å². The van der Waals surface area contributed by atoms with Crippen LogP contribution in [-0.4, -0.2) is 32.8 Å². The molecule has 1 heterocycles. The van der Waals surface area contributed by atoms with E-state index in [-0.39, 0.29) is 18.5 Å². The molecule has 1 aromatic rings. The molecule has 1 saturated carbocycles. The second-order valence-electron chi connectivity index (χ2n) is 6.20. The van der Waals surface area contributed by atoms with Gasteiger partial charge in [0.25, 0.3) is 0 Å². The summed E-state index contributed by atoms with van der Waals surface area (Å²) in [4.78, 5) is 23.7. The molecule has 2 N–H and O–H groups in total. The minimum absolute atomic E-state index is 0.141. The molecule has 0 bridgehead atoms. The summed E-state index contributed by atoms with van der Waals surface area (Å²) in [5.41, 5.74) is 1.81. The third-order valence-electron chi connectivity index (χ3n) is 4.33. The lowest BCUT2D eigenvalue weighted by molar-refractivity contribution is -0.143. The van der Waals surface area contributed by atoms with Gasteiger partial charge in [0.1, 0.15) is 6.54 Å². The molecule has 22 heavy (non-hydrogen) atoms. The van der Waals surface area contributed by atoms with Crippen molar-refractivity contribution in [2.75, 3.05) is 0 Å². The van der Waals surface area contributed by atoms with Crippen LogP contribution in [0, 0.1) is 19.8 Å². The molecule has 1 aromatic heterocycles. The molecule has 6 nitrogen and oxygen atoms in total. The highest BCUT2D eigenvalue weighted by Crippen LogP contribution is 2.23. The topological polar surface area (TPSA) is 84.2 Å². The predicted octanol–water partition coefficient (Wildman–Crippen LogP) is 2.04. The quantitative estimate of drug-likeness (QED) is 0.891. The number of nitrogens with one attached hydrogen (secondary N) is 1. The van der Waals surface area contributed by atoms with E-state index in [1.807, 2.05) is 19.9 Å². The predicted molar refractivity (Wildman–Crippen MR) is 82.5 cm³/mol. The summed E-state index contributed by atoms with van der Waals surface area (Å²) >= 11 is 0. The number of amides is 1. The van der Waals surface area contributed by atoms with E-state index in [4.69, 9.17) is 0 Å². The Kier molecular flexibility index (Phi) is 5.57. The summed E-state index contributed by atoms with van der Waals surface area (Å²) in [5.74, 6) is -1.45. The molecule has 0 radical (unpaired) electrons. The molecule has 0 saturated heterocycles. The van der Waals surface area contributed by atoms with E-state index < -0.39 is 11.9 Å². The first-order chi connectivity index (χ1) is 10.5. The number of rotatable bonds is 4. The van der Waals surface area contributed by atoms with Crippen LogP contribution < -0.4 is 5.32 Å². The first kappa shape index (κ1) is 16.5. The van der Waals surface area contributed by atoms with Crippen molar-refractivity contribution in [3.63, 3.8) is 0 Å². The maximum atomic E-state index is 12.2. The second-order valence-corrected chi connectivity index (χ2v) is 6.20. The van der Waals surface area contributed by atoms with Crippen LogP contribution in [0.2, 0.25) is 0 Å². The molecule has 1 fully saturated rings. The van der Waals surface area contributed by atoms with Crippen molar-refractivity contribution in [2.24, 2.45) is 5.92 Å². The van der Waals surface area contributed by atoms with Crippen molar-refractivity contribution in [3.05, 3.63) is 17.5 Å². The molecule has 0 aliphatic heterocycles. The van der Waals surface area contributed by atoms with Crippen LogP contribution in [0.3, 0.4) is 0 Å². The fourth-order valence-corrected chi connectivity index (χ4v) is 3.18. The number of nitrogens with zero attached hydrogens (tertiary/aromatic N) is 2. The minimum Gasteiger partial charge on any atom is -0.481 e. The highest BCUT2D eigenvalue weighted by atomic mass is 16.4. The summed E-state index contributed by atoms with van der Waals surface area (Å²) in [7, 11) is 0. The van der Waals surface area contributed by atoms with Gasteiger partial charge in [-0.2, -0.15) is 5.10 Å². The number of hydrogen-bond acceptors (Lipinski definition) is 3. The Hall–Kier alpha value is -1.85. The van der Waals surface area contributed by atoms with Crippen LogP contribution in [0.5, 0.6) is 0 Å². The van der Waals surface area contributed by atoms with Gasteiger partial charge < -0.3 is 10.4 Å². The monoisotopic (exact) mass is 307 g/mol. The SMILES string of the molecule is Cc1cc(C)n(CC(=O)NC2CCCCCCC2C(=O)O)n1. The van der Waals surface area contributed by atoms with Gasteiger partial charge in [0.2, 0.25) is 5.91 Å². The zero-order chi connectivity index (χ0) is 16.1. The summed E-state index contributed by atoms with van der Waals surface area (Å²) in [5, 5.41) is 16.6. The Labute approximate surface area is 130 Å². The van der Waals surface area contributed by atoms with Crippen molar-refractivity contribution in [1.29, 1.82) is 0 Å². The van der Waals surface area contributed by atoms with E-state index in [1.54, 1.807) is 4.68 Å². The number of aliphatic carboxylic acids is 1. The van der Waals surface area contributed by atoms with Crippen LogP contribution in [-0.2, 0) is 16.1 Å². The number of aryl methyl sites for hydroxylation is 2. The lowest BCUT2D eigenvalue weighted by atomic mass is 9.87. The third-order valence-corrected chi connectivity index (χ3v) is 4.33. The standard InChI is InChI=1S/C16H25N3O3/c1-11-9-12(2)19(18-11)10-15(20)17-14-8-6-4-3-5-7-13(14)16(21)22/h9,13-14H,3-8,10H2,1-2H3,(H,17,20)(H,21,22). The minimum atomic E-state index is -0.807. The molecule has 122 valence electrons. The fourth-order valence-electron chi connectivity index (χ4n) is 3.18. The van der Waals surface area contributed by atoms with Gasteiger partial charge in [-0.3, -0.25) is 14.3 Å². The van der Waals surface area contributed by atoms with Crippen LogP contribution in [0.1, 0.15) is 49.9 Å². The van der Waals surface area contributed by atoms with Gasteiger partial charge in [-0.15, -0.1) is 0 Å². The molecule has 0 aromatic carbocycles. The summed E-state index contributed by atoms with van der Waals surface area (Å²) in [6.07, 6.45) is 5.45. The highest BCUT2D eigenvalue weighted by Gasteiger charge is 2.29. The van der Waals surface area contributed by atoms with Gasteiger partial charge in [0, 0.05) is 11.7 Å². The molecule has 1 aliphatic rings. The average Bonchev–Trinajstić information content (AvgIpc) is 2.70. The molecule has 1 aliphatic carbocycles. The van der Waals surface area contributed by atoms with E-state index in [9.17, 15) is 14.7 Å². The van der Waals surface area contributed by atoms with E-state index >= 15 is 0 Å². The number of aromatic nitrogens is 2. The molecule has 2 unspecified atom stereocenters. The molecule has 0 spiro atoms. The van der Waals surface area contributed by atoms with Crippen LogP contribution in [0.25, 0.3) is 0 Å². The Morgan fingerprint density at radius 2 is 1.95 bits per heavy atom. The Morgan fingerprint density at radius 3 is 2.55 bits per heavy atom. The van der Waals surface area contributed by atoms with Crippen LogP contribution in [0.15, 0.2) is 6.07 Å². The normalized spacial score (nSPS) is 22.6. The van der Waals surface area contributed by atoms with E-state index in [1.165, 1.54) is 0 Å². The van der Waals surface area contributed by atoms with Crippen molar-refractivity contribution in [2.45, 2.75) is 65.0 Å². The molecule has 2 atom stereocenters. The smallest absolute Gasteiger partial charge is 0.308 e. The maximum Gasteiger partial charge on any atom is 0.308 e. The second kappa shape index (κ2) is 7.42. The van der Waals surface area contributed by atoms with Crippen molar-refractivity contribution in [1.82, 2.24) is 15.1 Å². The maximum absolute atomic E-state index is 12.2. The number of hydrogen-bond donors (Lipinski definition) is 2. The van der Waals surface area contributed by atoms with Crippen molar-refractivity contribution >= 4 is 11.9 Å². The molecule has 1 amide bonds. The number of carbonyl (C=O) groups is 2. The Balaban J connectivity index is 2.00. The molecular weight excluding hydrogens is 282 g/mol. The van der Waals surface area contributed by atoms with E-state index in [0.717, 1.165) is 43.5 Å². The molecule has 2 rings (SSSR count). The van der Waals surface area contributed by atoms with Crippen molar-refractivity contribution < 1.29 is 14.7 Å². The van der Waals surface area contributed by atoms with Gasteiger partial charge in [0.05, 0.1) is 11.6 Å². The van der Waals surface area contributed by atoms with Crippen LogP contribution in [0.4, 0.5) is 0 Å². The molecule has 6 heteroatoms. The van der Waals surface area contributed by atoms with Crippen molar-refractivity contribution in [3.8, 4) is 0 Å². The summed E-state index contributed by atoms with van der Waals surface area (Å²) in [6, 6.07) is 1.64. The lowest BCUT2D eigenvalue weighted by Gasteiger charge is -2.27. The average molecular weight is 307 g/mol. The first-order valence-corrected chi connectivity index (χ1v) is 8.00. The van der Waals surface area contributed by atoms with Gasteiger partial charge in [0.15, 0.2) is 0 Å². The summed E-state index contributed by atoms with van der Waals surface area (Å²) < 4.78 is 1.66. The zero-order valence-electron chi connectivity index (χ0n) is 13.3. The largest absolute Gasteiger partial charge is 0.481 e. The van der Waals surface area contributed by atoms with Gasteiger partial charge in [-0.25, -0.2) is 0 Å². The van der Waals surface area contributed by atoms with Gasteiger partial charge >= 0.3 is 5.97 Å². The highest BCUT2D eigenvalue weighted by molar-refractivity contribution is 5.78. The number of carboxylic acids is 1. The third kappa shape index (κ3) is 4.32. The molecular formula is C16H25N3O3. The number of carboxylic acid groups (broad SMARTS) is 1. The number of carbonyl (C=O) groups excluding carboxylic acids is 1. The Morgan fingerprint density at radius 1 is 1.27 bits per heavy atom. The lowest BCUT2D eigenvalue weighted by Crippen LogP contribution is -2.45.